The molecule has 0 aromatic heterocycles. The molecule has 0 heterocycles. The van der Waals surface area contributed by atoms with Crippen LogP contribution in [0.2, 0.25) is 0 Å². The fourth-order valence-corrected chi connectivity index (χ4v) is 0.120. The second kappa shape index (κ2) is 2.91. The van der Waals surface area contributed by atoms with Crippen molar-refractivity contribution in [1.82, 2.24) is 0 Å². The molecule has 4 heteroatoms. The topological polar surface area (TPSA) is 20.2 Å². The molecule has 0 aliphatic carbocycles. The van der Waals surface area contributed by atoms with Gasteiger partial charge >= 0.3 is 0 Å². The van der Waals surface area contributed by atoms with Gasteiger partial charge in [-0.25, -0.2) is 13.2 Å². The molecule has 0 unspecified atom stereocenters. The summed E-state index contributed by atoms with van der Waals surface area (Å²) < 4.78 is 34.5. The van der Waals surface area contributed by atoms with E-state index in [0.717, 1.165) is 0 Å². The van der Waals surface area contributed by atoms with Gasteiger partial charge in [0, 0.05) is 0 Å². The van der Waals surface area contributed by atoms with Crippen LogP contribution in [0.1, 0.15) is 0 Å². The molecule has 0 radical (unpaired) electrons. The van der Waals surface area contributed by atoms with Gasteiger partial charge < -0.3 is 5.11 Å². The van der Waals surface area contributed by atoms with E-state index in [4.69, 9.17) is 5.11 Å². The van der Waals surface area contributed by atoms with Gasteiger partial charge in [-0.15, -0.1) is 0 Å². The predicted octanol–water partition coefficient (Wildman–Crippen LogP) is 0.626. The Kier molecular flexibility index (Phi) is 2.82. The number of aliphatic hydroxyl groups excluding tert-OH is 1. The fourth-order valence-electron chi connectivity index (χ4n) is 0.120. The number of rotatable bonds is 3. The lowest BCUT2D eigenvalue weighted by Gasteiger charge is -2.12. The third kappa shape index (κ3) is 1.69. The van der Waals surface area contributed by atoms with Crippen molar-refractivity contribution in [2.24, 2.45) is 0 Å². The maximum Gasteiger partial charge on any atom is 0.189 e. The minimum Gasteiger partial charge on any atom is -0.393 e. The average molecular weight is 128 g/mol. The molecule has 0 bridgehead atoms. The van der Waals surface area contributed by atoms with Gasteiger partial charge in [-0.1, -0.05) is 0 Å². The SMILES string of the molecule is OCC(F)(CF)CF. The molecule has 0 saturated heterocycles. The van der Waals surface area contributed by atoms with Crippen LogP contribution >= 0.6 is 0 Å². The van der Waals surface area contributed by atoms with Crippen LogP contribution in [-0.4, -0.2) is 30.7 Å². The van der Waals surface area contributed by atoms with E-state index in [1.165, 1.54) is 0 Å². The normalized spacial score (nSPS) is 12.0. The summed E-state index contributed by atoms with van der Waals surface area (Å²) in [6, 6.07) is 0. The van der Waals surface area contributed by atoms with Gasteiger partial charge in [-0.2, -0.15) is 0 Å². The molecule has 1 N–H and O–H groups in total. The van der Waals surface area contributed by atoms with Crippen molar-refractivity contribution in [1.29, 1.82) is 0 Å². The summed E-state index contributed by atoms with van der Waals surface area (Å²) in [6.07, 6.45) is 0. The molecule has 50 valence electrons. The number of alkyl halides is 3. The smallest absolute Gasteiger partial charge is 0.189 e. The molecule has 0 atom stereocenters. The molecule has 0 aliphatic heterocycles. The van der Waals surface area contributed by atoms with E-state index in [1.807, 2.05) is 0 Å². The number of hydrogen-bond acceptors (Lipinski definition) is 1. The van der Waals surface area contributed by atoms with Crippen molar-refractivity contribution >= 4 is 0 Å². The molecular weight excluding hydrogens is 121 g/mol. The molecule has 0 rings (SSSR count). The number of hydrogen-bond donors (Lipinski definition) is 1. The minimum absolute atomic E-state index is 1.10. The molecule has 0 aromatic carbocycles. The molecule has 8 heavy (non-hydrogen) atoms. The molecule has 0 fully saturated rings. The van der Waals surface area contributed by atoms with Gasteiger partial charge in [-0.3, -0.25) is 0 Å². The van der Waals surface area contributed by atoms with Crippen LogP contribution in [0.4, 0.5) is 13.2 Å². The third-order valence-electron chi connectivity index (χ3n) is 0.762. The Morgan fingerprint density at radius 2 is 1.62 bits per heavy atom. The summed E-state index contributed by atoms with van der Waals surface area (Å²) in [4.78, 5) is 0. The van der Waals surface area contributed by atoms with Gasteiger partial charge in [-0.05, 0) is 0 Å². The zero-order valence-corrected chi connectivity index (χ0v) is 4.20. The van der Waals surface area contributed by atoms with Crippen LogP contribution in [0.5, 0.6) is 0 Å². The number of aliphatic hydroxyl groups is 1. The highest BCUT2D eigenvalue weighted by Gasteiger charge is 2.28. The molecular formula is C4H7F3O. The van der Waals surface area contributed by atoms with Crippen molar-refractivity contribution in [3.8, 4) is 0 Å². The molecule has 0 aliphatic rings. The Morgan fingerprint density at radius 1 is 1.25 bits per heavy atom. The van der Waals surface area contributed by atoms with E-state index in [9.17, 15) is 13.2 Å². The maximum atomic E-state index is 12.0. The second-order valence-electron chi connectivity index (χ2n) is 1.58. The van der Waals surface area contributed by atoms with E-state index in [-0.39, 0.29) is 0 Å². The summed E-state index contributed by atoms with van der Waals surface area (Å²) in [5, 5.41) is 7.93. The van der Waals surface area contributed by atoms with E-state index >= 15 is 0 Å². The third-order valence-corrected chi connectivity index (χ3v) is 0.762. The highest BCUT2D eigenvalue weighted by molar-refractivity contribution is 4.75. The van der Waals surface area contributed by atoms with Crippen molar-refractivity contribution < 1.29 is 18.3 Å². The largest absolute Gasteiger partial charge is 0.393 e. The van der Waals surface area contributed by atoms with Gasteiger partial charge in [0.25, 0.3) is 0 Å². The van der Waals surface area contributed by atoms with Crippen LogP contribution in [0, 0.1) is 0 Å². The van der Waals surface area contributed by atoms with Gasteiger partial charge in [0.1, 0.15) is 13.3 Å². The Balaban J connectivity index is 3.58. The van der Waals surface area contributed by atoms with Gasteiger partial charge in [0.05, 0.1) is 6.61 Å². The Hall–Kier alpha value is -0.250. The van der Waals surface area contributed by atoms with E-state index in [1.54, 1.807) is 0 Å². The summed E-state index contributed by atoms with van der Waals surface area (Å²) in [6.45, 7) is -4.04. The highest BCUT2D eigenvalue weighted by Crippen LogP contribution is 2.10. The summed E-state index contributed by atoms with van der Waals surface area (Å²) in [5.41, 5.74) is -2.65. The quantitative estimate of drug-likeness (QED) is 0.590. The second-order valence-corrected chi connectivity index (χ2v) is 1.58. The van der Waals surface area contributed by atoms with Crippen LogP contribution < -0.4 is 0 Å². The first kappa shape index (κ1) is 7.75. The first-order valence-corrected chi connectivity index (χ1v) is 2.10. The zero-order chi connectivity index (χ0) is 6.62. The first-order chi connectivity index (χ1) is 3.68. The van der Waals surface area contributed by atoms with Crippen molar-refractivity contribution in [3.05, 3.63) is 0 Å². The van der Waals surface area contributed by atoms with Gasteiger partial charge in [0.2, 0.25) is 0 Å². The maximum absolute atomic E-state index is 12.0. The zero-order valence-electron chi connectivity index (χ0n) is 4.20. The summed E-state index contributed by atoms with van der Waals surface area (Å²) in [7, 11) is 0. The van der Waals surface area contributed by atoms with E-state index < -0.39 is 25.6 Å². The fraction of sp³-hybridized carbons (Fsp3) is 1.00. The van der Waals surface area contributed by atoms with Crippen molar-refractivity contribution in [2.45, 2.75) is 5.67 Å². The van der Waals surface area contributed by atoms with Crippen LogP contribution in [0.3, 0.4) is 0 Å². The lowest BCUT2D eigenvalue weighted by atomic mass is 10.2. The Morgan fingerprint density at radius 3 is 1.62 bits per heavy atom. The van der Waals surface area contributed by atoms with Crippen molar-refractivity contribution in [3.63, 3.8) is 0 Å². The van der Waals surface area contributed by atoms with E-state index in [2.05, 4.69) is 0 Å². The molecule has 0 amide bonds. The highest BCUT2D eigenvalue weighted by atomic mass is 19.2. The standard InChI is InChI=1S/C4H7F3O/c5-1-4(7,2-6)3-8/h8H,1-3H2. The van der Waals surface area contributed by atoms with Crippen molar-refractivity contribution in [2.75, 3.05) is 20.0 Å². The van der Waals surface area contributed by atoms with Gasteiger partial charge in [0.15, 0.2) is 5.67 Å². The lowest BCUT2D eigenvalue weighted by Crippen LogP contribution is -2.32. The molecule has 0 saturated carbocycles. The van der Waals surface area contributed by atoms with Crippen LogP contribution in [0.25, 0.3) is 0 Å². The molecule has 1 nitrogen and oxygen atoms in total. The predicted molar refractivity (Wildman–Crippen MR) is 22.9 cm³/mol. The minimum atomic E-state index is -2.65. The number of halogens is 3. The summed E-state index contributed by atoms with van der Waals surface area (Å²) in [5.74, 6) is 0. The molecule has 0 spiro atoms. The lowest BCUT2D eigenvalue weighted by molar-refractivity contribution is 0.0251. The van der Waals surface area contributed by atoms with Crippen LogP contribution in [0.15, 0.2) is 0 Å². The average Bonchev–Trinajstić information content (AvgIpc) is 1.87. The Labute approximate surface area is 45.1 Å². The Bertz CT molecular complexity index is 54.0. The monoisotopic (exact) mass is 128 g/mol. The first-order valence-electron chi connectivity index (χ1n) is 2.10. The van der Waals surface area contributed by atoms with Crippen LogP contribution in [-0.2, 0) is 0 Å². The molecule has 0 aromatic rings. The summed E-state index contributed by atoms with van der Waals surface area (Å²) >= 11 is 0. The van der Waals surface area contributed by atoms with E-state index in [0.29, 0.717) is 0 Å².